The molecule has 0 aromatic carbocycles. The molecule has 0 unspecified atom stereocenters. The fourth-order valence-electron chi connectivity index (χ4n) is 1.80. The van der Waals surface area contributed by atoms with Crippen LogP contribution in [0.4, 0.5) is 5.82 Å². The van der Waals surface area contributed by atoms with Gasteiger partial charge in [0.25, 0.3) is 0 Å². The molecule has 0 radical (unpaired) electrons. The highest BCUT2D eigenvalue weighted by atomic mass is 16.2. The molecule has 2 aromatic rings. The quantitative estimate of drug-likeness (QED) is 0.819. The molecule has 0 spiro atoms. The van der Waals surface area contributed by atoms with E-state index < -0.39 is 0 Å². The zero-order valence-electron chi connectivity index (χ0n) is 13.4. The van der Waals surface area contributed by atoms with Crippen LogP contribution < -0.4 is 10.6 Å². The van der Waals surface area contributed by atoms with Crippen molar-refractivity contribution in [3.8, 4) is 5.82 Å². The molecule has 7 nitrogen and oxygen atoms in total. The predicted molar refractivity (Wildman–Crippen MR) is 84.8 cm³/mol. The number of rotatable bonds is 5. The Morgan fingerprint density at radius 3 is 2.68 bits per heavy atom. The molecule has 0 bridgehead atoms. The molecule has 22 heavy (non-hydrogen) atoms. The first-order chi connectivity index (χ1) is 10.4. The minimum atomic E-state index is -0.376. The summed E-state index contributed by atoms with van der Waals surface area (Å²) in [6.45, 7) is 8.63. The summed E-state index contributed by atoms with van der Waals surface area (Å²) in [6.07, 6.45) is 3.53. The highest BCUT2D eigenvalue weighted by molar-refractivity contribution is 5.81. The molecule has 0 aliphatic rings. The second-order valence-corrected chi connectivity index (χ2v) is 6.04. The van der Waals surface area contributed by atoms with Crippen LogP contribution in [-0.2, 0) is 4.79 Å². The van der Waals surface area contributed by atoms with Crippen LogP contribution in [0.3, 0.4) is 0 Å². The van der Waals surface area contributed by atoms with Gasteiger partial charge in [-0.25, -0.2) is 14.6 Å². The van der Waals surface area contributed by atoms with Crippen molar-refractivity contribution in [2.75, 3.05) is 18.4 Å². The average molecular weight is 302 g/mol. The number of hydrogen-bond donors (Lipinski definition) is 2. The van der Waals surface area contributed by atoms with E-state index in [1.807, 2.05) is 46.0 Å². The molecular weight excluding hydrogens is 280 g/mol. The third-order valence-electron chi connectivity index (χ3n) is 2.96. The number of anilines is 1. The summed E-state index contributed by atoms with van der Waals surface area (Å²) in [7, 11) is 0. The lowest BCUT2D eigenvalue weighted by atomic mass is 9.96. The second-order valence-electron chi connectivity index (χ2n) is 6.04. The number of amides is 1. The van der Waals surface area contributed by atoms with Crippen LogP contribution in [0.25, 0.3) is 5.82 Å². The molecular formula is C15H22N6O. The van der Waals surface area contributed by atoms with Gasteiger partial charge in [0.15, 0.2) is 5.82 Å². The van der Waals surface area contributed by atoms with Crippen molar-refractivity contribution in [2.45, 2.75) is 27.7 Å². The molecule has 0 atom stereocenters. The molecule has 1 amide bonds. The predicted octanol–water partition coefficient (Wildman–Crippen LogP) is 1.54. The van der Waals surface area contributed by atoms with Gasteiger partial charge in [0, 0.05) is 37.0 Å². The number of aryl methyl sites for hydroxylation is 1. The van der Waals surface area contributed by atoms with Crippen molar-refractivity contribution >= 4 is 11.7 Å². The normalized spacial score (nSPS) is 11.3. The van der Waals surface area contributed by atoms with Crippen LogP contribution >= 0.6 is 0 Å². The summed E-state index contributed by atoms with van der Waals surface area (Å²) in [5.41, 5.74) is -0.376. The van der Waals surface area contributed by atoms with E-state index >= 15 is 0 Å². The average Bonchev–Trinajstić information content (AvgIpc) is 2.96. The molecule has 2 rings (SSSR count). The van der Waals surface area contributed by atoms with Gasteiger partial charge in [0.1, 0.15) is 11.6 Å². The minimum absolute atomic E-state index is 0.0328. The van der Waals surface area contributed by atoms with Crippen molar-refractivity contribution in [3.05, 3.63) is 30.4 Å². The van der Waals surface area contributed by atoms with Crippen molar-refractivity contribution in [2.24, 2.45) is 5.41 Å². The van der Waals surface area contributed by atoms with Gasteiger partial charge in [-0.05, 0) is 13.0 Å². The van der Waals surface area contributed by atoms with Crippen LogP contribution in [0.15, 0.2) is 24.5 Å². The summed E-state index contributed by atoms with van der Waals surface area (Å²) in [6, 6.07) is 3.66. The number of hydrogen-bond acceptors (Lipinski definition) is 5. The Hall–Kier alpha value is -2.44. The monoisotopic (exact) mass is 302 g/mol. The van der Waals surface area contributed by atoms with Crippen LogP contribution in [0, 0.1) is 12.3 Å². The maximum absolute atomic E-state index is 11.8. The number of carbonyl (C=O) groups excluding carboxylic acids is 1. The molecule has 7 heteroatoms. The Kier molecular flexibility index (Phi) is 4.75. The summed E-state index contributed by atoms with van der Waals surface area (Å²) in [4.78, 5) is 20.4. The smallest absolute Gasteiger partial charge is 0.225 e. The first-order valence-electron chi connectivity index (χ1n) is 7.24. The lowest BCUT2D eigenvalue weighted by Gasteiger charge is -2.17. The minimum Gasteiger partial charge on any atom is -0.368 e. The van der Waals surface area contributed by atoms with Crippen LogP contribution in [0.5, 0.6) is 0 Å². The van der Waals surface area contributed by atoms with E-state index in [-0.39, 0.29) is 11.3 Å². The Bertz CT molecular complexity index is 630. The van der Waals surface area contributed by atoms with Crippen molar-refractivity contribution in [1.29, 1.82) is 0 Å². The summed E-state index contributed by atoms with van der Waals surface area (Å²) >= 11 is 0. The Morgan fingerprint density at radius 1 is 1.27 bits per heavy atom. The summed E-state index contributed by atoms with van der Waals surface area (Å²) in [5, 5.41) is 10.2. The Morgan fingerprint density at radius 2 is 2.05 bits per heavy atom. The van der Waals surface area contributed by atoms with E-state index in [2.05, 4.69) is 25.7 Å². The second kappa shape index (κ2) is 6.55. The highest BCUT2D eigenvalue weighted by Crippen LogP contribution is 2.12. The zero-order valence-corrected chi connectivity index (χ0v) is 13.4. The van der Waals surface area contributed by atoms with E-state index in [4.69, 9.17) is 0 Å². The molecule has 2 aromatic heterocycles. The first kappa shape index (κ1) is 15.9. The summed E-state index contributed by atoms with van der Waals surface area (Å²) < 4.78 is 1.68. The van der Waals surface area contributed by atoms with Crippen molar-refractivity contribution in [3.63, 3.8) is 0 Å². The van der Waals surface area contributed by atoms with Gasteiger partial charge in [0.2, 0.25) is 5.91 Å². The van der Waals surface area contributed by atoms with Gasteiger partial charge in [0.05, 0.1) is 0 Å². The van der Waals surface area contributed by atoms with Crippen LogP contribution in [-0.4, -0.2) is 38.7 Å². The van der Waals surface area contributed by atoms with Gasteiger partial charge >= 0.3 is 0 Å². The van der Waals surface area contributed by atoms with E-state index in [0.29, 0.717) is 30.5 Å². The van der Waals surface area contributed by atoms with Gasteiger partial charge in [-0.2, -0.15) is 5.10 Å². The van der Waals surface area contributed by atoms with E-state index in [1.54, 1.807) is 10.9 Å². The van der Waals surface area contributed by atoms with Gasteiger partial charge in [-0.1, -0.05) is 20.8 Å². The van der Waals surface area contributed by atoms with Gasteiger partial charge < -0.3 is 10.6 Å². The highest BCUT2D eigenvalue weighted by Gasteiger charge is 2.20. The first-order valence-corrected chi connectivity index (χ1v) is 7.24. The molecule has 0 aliphatic heterocycles. The van der Waals surface area contributed by atoms with E-state index in [9.17, 15) is 4.79 Å². The standard InChI is InChI=1S/C15H22N6O/c1-11-19-12(10-13(20-11)21-9-5-6-18-21)16-7-8-17-14(22)15(2,3)4/h5-6,9-10H,7-8H2,1-4H3,(H,17,22)(H,16,19,20). The van der Waals surface area contributed by atoms with Crippen molar-refractivity contribution < 1.29 is 4.79 Å². The van der Waals surface area contributed by atoms with Gasteiger partial charge in [-0.15, -0.1) is 0 Å². The zero-order chi connectivity index (χ0) is 16.2. The molecule has 0 saturated carbocycles. The van der Waals surface area contributed by atoms with Gasteiger partial charge in [-0.3, -0.25) is 4.79 Å². The molecule has 2 heterocycles. The third-order valence-corrected chi connectivity index (χ3v) is 2.96. The number of aromatic nitrogens is 4. The lowest BCUT2D eigenvalue weighted by Crippen LogP contribution is -2.37. The van der Waals surface area contributed by atoms with Crippen molar-refractivity contribution in [1.82, 2.24) is 25.1 Å². The van der Waals surface area contributed by atoms with Crippen LogP contribution in [0.1, 0.15) is 26.6 Å². The van der Waals surface area contributed by atoms with E-state index in [1.165, 1.54) is 0 Å². The molecule has 0 fully saturated rings. The summed E-state index contributed by atoms with van der Waals surface area (Å²) in [5.74, 6) is 2.11. The molecule has 0 aliphatic carbocycles. The molecule has 2 N–H and O–H groups in total. The molecule has 0 saturated heterocycles. The third kappa shape index (κ3) is 4.28. The SMILES string of the molecule is Cc1nc(NCCNC(=O)C(C)(C)C)cc(-n2cccn2)n1. The maximum atomic E-state index is 11.8. The number of nitrogens with one attached hydrogen (secondary N) is 2. The van der Waals surface area contributed by atoms with E-state index in [0.717, 1.165) is 0 Å². The number of nitrogens with zero attached hydrogens (tertiary/aromatic N) is 4. The topological polar surface area (TPSA) is 84.7 Å². The number of carbonyl (C=O) groups is 1. The lowest BCUT2D eigenvalue weighted by molar-refractivity contribution is -0.128. The Balaban J connectivity index is 1.92. The van der Waals surface area contributed by atoms with Crippen LogP contribution in [0.2, 0.25) is 0 Å². The largest absolute Gasteiger partial charge is 0.368 e. The molecule has 118 valence electrons. The fourth-order valence-corrected chi connectivity index (χ4v) is 1.80. The Labute approximate surface area is 130 Å². The maximum Gasteiger partial charge on any atom is 0.225 e. The fraction of sp³-hybridized carbons (Fsp3) is 0.467.